The fourth-order valence-corrected chi connectivity index (χ4v) is 5.75. The van der Waals surface area contributed by atoms with Gasteiger partial charge in [0.15, 0.2) is 0 Å². The van der Waals surface area contributed by atoms with Gasteiger partial charge in [-0.25, -0.2) is 0 Å². The molecule has 4 fully saturated rings. The zero-order valence-electron chi connectivity index (χ0n) is 8.46. The molecule has 0 heterocycles. The molecule has 0 aromatic heterocycles. The van der Waals surface area contributed by atoms with Gasteiger partial charge in [0.1, 0.15) is 0 Å². The summed E-state index contributed by atoms with van der Waals surface area (Å²) in [6.45, 7) is 0. The van der Waals surface area contributed by atoms with Crippen LogP contribution in [0.1, 0.15) is 38.5 Å². The van der Waals surface area contributed by atoms with E-state index in [0.717, 1.165) is 24.2 Å². The molecule has 0 aliphatic heterocycles. The smallest absolute Gasteiger partial charge is 0.207 e. The molecule has 0 aromatic carbocycles. The normalized spacial score (nSPS) is 62.1. The number of hydrogen-bond donors (Lipinski definition) is 1. The van der Waals surface area contributed by atoms with Crippen molar-refractivity contribution in [2.24, 2.45) is 23.2 Å². The van der Waals surface area contributed by atoms with Crippen LogP contribution in [0, 0.1) is 23.2 Å². The van der Waals surface area contributed by atoms with Gasteiger partial charge in [-0.2, -0.15) is 0 Å². The largest absolute Gasteiger partial charge is 0.353 e. The SMILES string of the molecule is O=CNC12CC3CC4CC(C1)C2(C4)C3. The van der Waals surface area contributed by atoms with Crippen molar-refractivity contribution in [3.05, 3.63) is 0 Å². The van der Waals surface area contributed by atoms with Gasteiger partial charge in [0, 0.05) is 5.54 Å². The van der Waals surface area contributed by atoms with Gasteiger partial charge >= 0.3 is 0 Å². The summed E-state index contributed by atoms with van der Waals surface area (Å²) in [5.41, 5.74) is 0.830. The lowest BCUT2D eigenvalue weighted by molar-refractivity contribution is -0.119. The van der Waals surface area contributed by atoms with E-state index in [1.165, 1.54) is 38.5 Å². The predicted octanol–water partition coefficient (Wildman–Crippen LogP) is 1.70. The maximum absolute atomic E-state index is 10.7. The van der Waals surface area contributed by atoms with Gasteiger partial charge in [-0.3, -0.25) is 4.79 Å². The predicted molar refractivity (Wildman–Crippen MR) is 52.5 cm³/mol. The Morgan fingerprint density at radius 2 is 1.93 bits per heavy atom. The molecule has 5 atom stereocenters. The van der Waals surface area contributed by atoms with Crippen molar-refractivity contribution in [1.82, 2.24) is 5.32 Å². The highest BCUT2D eigenvalue weighted by Gasteiger charge is 2.74. The number of amides is 1. The molecule has 3 bridgehead atoms. The highest BCUT2D eigenvalue weighted by Crippen LogP contribution is 2.76. The third kappa shape index (κ3) is 0.582. The van der Waals surface area contributed by atoms with E-state index in [-0.39, 0.29) is 5.54 Å². The van der Waals surface area contributed by atoms with E-state index >= 15 is 0 Å². The van der Waals surface area contributed by atoms with Gasteiger partial charge in [-0.05, 0) is 61.7 Å². The maximum Gasteiger partial charge on any atom is 0.207 e. The quantitative estimate of drug-likeness (QED) is 0.661. The van der Waals surface area contributed by atoms with Crippen LogP contribution >= 0.6 is 0 Å². The highest BCUT2D eigenvalue weighted by atomic mass is 16.1. The van der Waals surface area contributed by atoms with Crippen molar-refractivity contribution in [2.45, 2.75) is 44.1 Å². The summed E-state index contributed by atoms with van der Waals surface area (Å²) in [5, 5.41) is 3.20. The Bertz CT molecular complexity index is 309. The molecule has 1 N–H and O–H groups in total. The molecular weight excluding hydrogens is 174 g/mol. The Kier molecular flexibility index (Phi) is 1.12. The molecule has 14 heavy (non-hydrogen) atoms. The lowest BCUT2D eigenvalue weighted by Crippen LogP contribution is -2.65. The summed E-state index contributed by atoms with van der Waals surface area (Å²) in [6.07, 6.45) is 9.32. The Morgan fingerprint density at radius 1 is 1.07 bits per heavy atom. The van der Waals surface area contributed by atoms with E-state index in [2.05, 4.69) is 5.32 Å². The van der Waals surface area contributed by atoms with E-state index in [1.807, 2.05) is 0 Å². The molecule has 4 aliphatic rings. The molecule has 4 saturated carbocycles. The minimum absolute atomic E-state index is 0.259. The first-order valence-corrected chi connectivity index (χ1v) is 5.99. The summed E-state index contributed by atoms with van der Waals surface area (Å²) in [4.78, 5) is 10.7. The second kappa shape index (κ2) is 2.02. The Hall–Kier alpha value is -0.530. The van der Waals surface area contributed by atoms with Gasteiger partial charge in [0.05, 0.1) is 0 Å². The van der Waals surface area contributed by atoms with Crippen LogP contribution in [0.25, 0.3) is 0 Å². The van der Waals surface area contributed by atoms with Gasteiger partial charge in [-0.15, -0.1) is 0 Å². The van der Waals surface area contributed by atoms with Crippen LogP contribution in [0.2, 0.25) is 0 Å². The van der Waals surface area contributed by atoms with Crippen molar-refractivity contribution in [3.63, 3.8) is 0 Å². The summed E-state index contributed by atoms with van der Waals surface area (Å²) in [5.74, 6) is 2.91. The third-order valence-corrected chi connectivity index (χ3v) is 5.89. The molecular formula is C12H17NO. The summed E-state index contributed by atoms with van der Waals surface area (Å²) < 4.78 is 0. The van der Waals surface area contributed by atoms with Crippen molar-refractivity contribution in [2.75, 3.05) is 0 Å². The van der Waals surface area contributed by atoms with E-state index < -0.39 is 0 Å². The van der Waals surface area contributed by atoms with Crippen molar-refractivity contribution in [1.29, 1.82) is 0 Å². The lowest BCUT2D eigenvalue weighted by Gasteiger charge is -2.58. The highest BCUT2D eigenvalue weighted by molar-refractivity contribution is 5.51. The van der Waals surface area contributed by atoms with Gasteiger partial charge in [-0.1, -0.05) is 0 Å². The third-order valence-electron chi connectivity index (χ3n) is 5.89. The van der Waals surface area contributed by atoms with Crippen molar-refractivity contribution >= 4 is 6.41 Å². The van der Waals surface area contributed by atoms with Crippen LogP contribution < -0.4 is 5.32 Å². The number of carbonyl (C=O) groups is 1. The zero-order chi connectivity index (χ0) is 9.39. The fourth-order valence-electron chi connectivity index (χ4n) is 5.75. The van der Waals surface area contributed by atoms with E-state index in [0.29, 0.717) is 5.41 Å². The lowest BCUT2D eigenvalue weighted by atomic mass is 9.51. The topological polar surface area (TPSA) is 29.1 Å². The van der Waals surface area contributed by atoms with Crippen LogP contribution in [0.5, 0.6) is 0 Å². The Morgan fingerprint density at radius 3 is 2.79 bits per heavy atom. The molecule has 0 aromatic rings. The standard InChI is InChI=1S/C12H17NO/c14-7-13-12-5-9-1-8-2-10(6-12)11(12,3-8)4-9/h7-10H,1-6H2,(H,13,14). The molecule has 2 heteroatoms. The van der Waals surface area contributed by atoms with E-state index in [9.17, 15) is 4.79 Å². The minimum atomic E-state index is 0.259. The zero-order valence-corrected chi connectivity index (χ0v) is 8.46. The fraction of sp³-hybridized carbons (Fsp3) is 0.917. The van der Waals surface area contributed by atoms with Gasteiger partial charge in [0.25, 0.3) is 0 Å². The van der Waals surface area contributed by atoms with Crippen LogP contribution in [-0.2, 0) is 4.79 Å². The molecule has 1 spiro atoms. The van der Waals surface area contributed by atoms with Crippen molar-refractivity contribution in [3.8, 4) is 0 Å². The Labute approximate surface area is 84.4 Å². The molecule has 2 nitrogen and oxygen atoms in total. The van der Waals surface area contributed by atoms with E-state index in [1.54, 1.807) is 0 Å². The monoisotopic (exact) mass is 191 g/mol. The van der Waals surface area contributed by atoms with Gasteiger partial charge in [0.2, 0.25) is 6.41 Å². The molecule has 5 unspecified atom stereocenters. The Balaban J connectivity index is 1.81. The molecule has 0 saturated heterocycles. The second-order valence-electron chi connectivity index (χ2n) is 6.22. The first-order chi connectivity index (χ1) is 6.78. The second-order valence-corrected chi connectivity index (χ2v) is 6.22. The van der Waals surface area contributed by atoms with Crippen LogP contribution in [0.3, 0.4) is 0 Å². The number of hydrogen-bond acceptors (Lipinski definition) is 1. The first-order valence-electron chi connectivity index (χ1n) is 5.99. The molecule has 0 radical (unpaired) electrons. The number of rotatable bonds is 2. The van der Waals surface area contributed by atoms with Crippen molar-refractivity contribution < 1.29 is 4.79 Å². The summed E-state index contributed by atoms with van der Waals surface area (Å²) in [7, 11) is 0. The maximum atomic E-state index is 10.7. The molecule has 76 valence electrons. The summed E-state index contributed by atoms with van der Waals surface area (Å²) in [6, 6.07) is 0. The molecule has 4 aliphatic carbocycles. The van der Waals surface area contributed by atoms with Crippen LogP contribution in [0.4, 0.5) is 0 Å². The molecule has 1 amide bonds. The number of nitrogens with one attached hydrogen (secondary N) is 1. The van der Waals surface area contributed by atoms with Gasteiger partial charge < -0.3 is 5.32 Å². The molecule has 4 rings (SSSR count). The average molecular weight is 191 g/mol. The average Bonchev–Trinajstić information content (AvgIpc) is 2.44. The summed E-state index contributed by atoms with van der Waals surface area (Å²) >= 11 is 0. The minimum Gasteiger partial charge on any atom is -0.353 e. The van der Waals surface area contributed by atoms with Crippen LogP contribution in [0.15, 0.2) is 0 Å². The van der Waals surface area contributed by atoms with E-state index in [4.69, 9.17) is 0 Å². The number of carbonyl (C=O) groups excluding carboxylic acids is 1. The first kappa shape index (κ1) is 7.72. The van der Waals surface area contributed by atoms with Crippen LogP contribution in [-0.4, -0.2) is 11.9 Å². The number of fused-ring (bicyclic) bond motifs is 2.